The number of halogens is 1. The largest absolute Gasteiger partial charge is 0.342 e. The Hall–Kier alpha value is -2.73. The van der Waals surface area contributed by atoms with Crippen LogP contribution in [0.1, 0.15) is 51.8 Å². The Morgan fingerprint density at radius 2 is 1.88 bits per heavy atom. The Bertz CT molecular complexity index is 1060. The number of nitrogens with zero attached hydrogens (tertiary/aromatic N) is 4. The predicted octanol–water partition coefficient (Wildman–Crippen LogP) is 5.42. The van der Waals surface area contributed by atoms with Gasteiger partial charge in [-0.3, -0.25) is 14.3 Å². The molecule has 1 aliphatic heterocycles. The van der Waals surface area contributed by atoms with Crippen molar-refractivity contribution in [1.82, 2.24) is 19.4 Å². The zero-order chi connectivity index (χ0) is 23.2. The fourth-order valence-electron chi connectivity index (χ4n) is 4.87. The third kappa shape index (κ3) is 5.44. The summed E-state index contributed by atoms with van der Waals surface area (Å²) < 4.78 is 15.7. The third-order valence-corrected chi connectivity index (χ3v) is 6.52. The van der Waals surface area contributed by atoms with Gasteiger partial charge in [-0.25, -0.2) is 9.37 Å². The van der Waals surface area contributed by atoms with Gasteiger partial charge in [-0.05, 0) is 68.6 Å². The van der Waals surface area contributed by atoms with Gasteiger partial charge in [0.2, 0.25) is 5.91 Å². The molecular formula is C27H35FN4O. The van der Waals surface area contributed by atoms with Crippen molar-refractivity contribution in [3.63, 3.8) is 0 Å². The summed E-state index contributed by atoms with van der Waals surface area (Å²) in [5, 5.41) is 0. The van der Waals surface area contributed by atoms with Crippen LogP contribution in [0, 0.1) is 11.7 Å². The molecule has 1 aromatic heterocycles. The van der Waals surface area contributed by atoms with Crippen molar-refractivity contribution in [2.75, 3.05) is 26.2 Å². The summed E-state index contributed by atoms with van der Waals surface area (Å²) in [6.45, 7) is 8.40. The van der Waals surface area contributed by atoms with Crippen molar-refractivity contribution >= 4 is 16.9 Å². The number of hydrogen-bond acceptors (Lipinski definition) is 3. The van der Waals surface area contributed by atoms with Crippen LogP contribution in [0.15, 0.2) is 48.5 Å². The molecule has 0 N–H and O–H groups in total. The molecule has 3 aromatic rings. The first-order chi connectivity index (χ1) is 16.1. The van der Waals surface area contributed by atoms with E-state index in [1.54, 1.807) is 12.1 Å². The first-order valence-electron chi connectivity index (χ1n) is 12.3. The fraction of sp³-hybridized carbons (Fsp3) is 0.481. The van der Waals surface area contributed by atoms with Gasteiger partial charge in [0.25, 0.3) is 0 Å². The average molecular weight is 451 g/mol. The number of aromatic nitrogens is 2. The van der Waals surface area contributed by atoms with Crippen molar-refractivity contribution in [1.29, 1.82) is 0 Å². The smallest absolute Gasteiger partial charge is 0.226 e. The zero-order valence-corrected chi connectivity index (χ0v) is 19.8. The zero-order valence-electron chi connectivity index (χ0n) is 19.8. The van der Waals surface area contributed by atoms with E-state index in [1.807, 2.05) is 24.3 Å². The summed E-state index contributed by atoms with van der Waals surface area (Å²) in [5.41, 5.74) is 2.84. The van der Waals surface area contributed by atoms with Crippen molar-refractivity contribution in [3.8, 4) is 5.69 Å². The van der Waals surface area contributed by atoms with Crippen LogP contribution in [0.2, 0.25) is 0 Å². The minimum Gasteiger partial charge on any atom is -0.342 e. The quantitative estimate of drug-likeness (QED) is 0.437. The van der Waals surface area contributed by atoms with E-state index in [-0.39, 0.29) is 11.7 Å². The number of likely N-dealkylation sites (tertiary alicyclic amines) is 1. The van der Waals surface area contributed by atoms with Gasteiger partial charge in [-0.2, -0.15) is 0 Å². The molecule has 0 unspecified atom stereocenters. The number of fused-ring (bicyclic) bond motifs is 1. The lowest BCUT2D eigenvalue weighted by Crippen LogP contribution is -2.45. The number of amides is 1. The molecule has 1 aliphatic rings. The molecule has 5 nitrogen and oxygen atoms in total. The van der Waals surface area contributed by atoms with Crippen LogP contribution in [-0.4, -0.2) is 51.4 Å². The van der Waals surface area contributed by atoms with Gasteiger partial charge >= 0.3 is 0 Å². The standard InChI is InChI=1S/C27H35FN4O/c1-3-5-18-31(16-4-2)27(33)21-9-8-17-30(19-21)20-26-29-24-10-6-7-11-25(24)32(26)23-14-12-22(28)13-15-23/h6-7,10-15,21H,3-5,8-9,16-20H2,1-2H3/t21-/m1/s1. The minimum absolute atomic E-state index is 0.0470. The molecule has 33 heavy (non-hydrogen) atoms. The number of benzene rings is 2. The molecule has 0 aliphatic carbocycles. The average Bonchev–Trinajstić information content (AvgIpc) is 3.19. The van der Waals surface area contributed by atoms with Crippen molar-refractivity contribution in [3.05, 3.63) is 60.2 Å². The lowest BCUT2D eigenvalue weighted by Gasteiger charge is -2.35. The van der Waals surface area contributed by atoms with E-state index < -0.39 is 0 Å². The van der Waals surface area contributed by atoms with E-state index in [1.165, 1.54) is 12.1 Å². The summed E-state index contributed by atoms with van der Waals surface area (Å²) in [6, 6.07) is 14.6. The minimum atomic E-state index is -0.248. The van der Waals surface area contributed by atoms with E-state index in [4.69, 9.17) is 4.98 Å². The fourth-order valence-corrected chi connectivity index (χ4v) is 4.87. The summed E-state index contributed by atoms with van der Waals surface area (Å²) in [6.07, 6.45) is 5.12. The van der Waals surface area contributed by atoms with Gasteiger partial charge in [0.1, 0.15) is 11.6 Å². The van der Waals surface area contributed by atoms with E-state index in [9.17, 15) is 9.18 Å². The van der Waals surface area contributed by atoms with Gasteiger partial charge in [-0.15, -0.1) is 0 Å². The molecule has 0 bridgehead atoms. The van der Waals surface area contributed by atoms with E-state index in [0.717, 1.165) is 80.8 Å². The maximum atomic E-state index is 13.6. The monoisotopic (exact) mass is 450 g/mol. The highest BCUT2D eigenvalue weighted by molar-refractivity contribution is 5.79. The van der Waals surface area contributed by atoms with Crippen LogP contribution in [0.25, 0.3) is 16.7 Å². The SMILES string of the molecule is CCCCN(CCC)C(=O)[C@@H]1CCCN(Cc2nc3ccccc3n2-c2ccc(F)cc2)C1. The highest BCUT2D eigenvalue weighted by Gasteiger charge is 2.29. The molecule has 1 amide bonds. The Morgan fingerprint density at radius 3 is 2.64 bits per heavy atom. The first kappa shape index (κ1) is 23.4. The Labute approximate surface area is 196 Å². The van der Waals surface area contributed by atoms with E-state index >= 15 is 0 Å². The molecule has 1 fully saturated rings. The molecule has 1 atom stereocenters. The molecule has 176 valence electrons. The highest BCUT2D eigenvalue weighted by atomic mass is 19.1. The van der Waals surface area contributed by atoms with E-state index in [2.05, 4.69) is 28.2 Å². The third-order valence-electron chi connectivity index (χ3n) is 6.52. The molecule has 4 rings (SSSR count). The van der Waals surface area contributed by atoms with Gasteiger partial charge in [0.05, 0.1) is 23.5 Å². The number of carbonyl (C=O) groups excluding carboxylic acids is 1. The van der Waals surface area contributed by atoms with Crippen molar-refractivity contribution < 1.29 is 9.18 Å². The number of imidazole rings is 1. The summed E-state index contributed by atoms with van der Waals surface area (Å²) in [5.74, 6) is 1.03. The van der Waals surface area contributed by atoms with Crippen LogP contribution in [-0.2, 0) is 11.3 Å². The van der Waals surface area contributed by atoms with Crippen molar-refractivity contribution in [2.24, 2.45) is 5.92 Å². The highest BCUT2D eigenvalue weighted by Crippen LogP contribution is 2.25. The number of piperidine rings is 1. The van der Waals surface area contributed by atoms with Gasteiger partial charge in [-0.1, -0.05) is 32.4 Å². The Kier molecular flexibility index (Phi) is 7.76. The normalized spacial score (nSPS) is 16.9. The molecule has 2 aromatic carbocycles. The molecule has 0 spiro atoms. The summed E-state index contributed by atoms with van der Waals surface area (Å²) >= 11 is 0. The van der Waals surface area contributed by atoms with Gasteiger partial charge < -0.3 is 4.90 Å². The number of para-hydroxylation sites is 2. The first-order valence-corrected chi connectivity index (χ1v) is 12.3. The number of hydrogen-bond donors (Lipinski definition) is 0. The molecule has 2 heterocycles. The molecule has 6 heteroatoms. The second-order valence-corrected chi connectivity index (χ2v) is 9.08. The van der Waals surface area contributed by atoms with E-state index in [0.29, 0.717) is 12.5 Å². The van der Waals surface area contributed by atoms with Crippen LogP contribution >= 0.6 is 0 Å². The molecule has 0 radical (unpaired) electrons. The van der Waals surface area contributed by atoms with Gasteiger partial charge in [0, 0.05) is 25.3 Å². The second kappa shape index (κ2) is 10.9. The van der Waals surface area contributed by atoms with Crippen molar-refractivity contribution in [2.45, 2.75) is 52.5 Å². The summed E-state index contributed by atoms with van der Waals surface area (Å²) in [7, 11) is 0. The lowest BCUT2D eigenvalue weighted by molar-refractivity contribution is -0.137. The number of rotatable bonds is 9. The van der Waals surface area contributed by atoms with Crippen LogP contribution in [0.5, 0.6) is 0 Å². The molecule has 1 saturated heterocycles. The summed E-state index contributed by atoms with van der Waals surface area (Å²) in [4.78, 5) is 22.6. The lowest BCUT2D eigenvalue weighted by atomic mass is 9.96. The van der Waals surface area contributed by atoms with Gasteiger partial charge in [0.15, 0.2) is 0 Å². The number of carbonyl (C=O) groups is 1. The Balaban J connectivity index is 1.55. The second-order valence-electron chi connectivity index (χ2n) is 9.08. The van der Waals surface area contributed by atoms with Crippen LogP contribution in [0.3, 0.4) is 0 Å². The maximum absolute atomic E-state index is 13.6. The van der Waals surface area contributed by atoms with Crippen LogP contribution < -0.4 is 0 Å². The molecule has 0 saturated carbocycles. The molecular weight excluding hydrogens is 415 g/mol. The number of unbranched alkanes of at least 4 members (excludes halogenated alkanes) is 1. The maximum Gasteiger partial charge on any atom is 0.226 e. The topological polar surface area (TPSA) is 41.4 Å². The Morgan fingerprint density at radius 1 is 1.09 bits per heavy atom. The predicted molar refractivity (Wildman–Crippen MR) is 131 cm³/mol. The van der Waals surface area contributed by atoms with Crippen LogP contribution in [0.4, 0.5) is 4.39 Å².